The van der Waals surface area contributed by atoms with Crippen LogP contribution in [0.3, 0.4) is 0 Å². The van der Waals surface area contributed by atoms with Gasteiger partial charge in [0.15, 0.2) is 5.82 Å². The second-order valence-electron chi connectivity index (χ2n) is 4.75. The second kappa shape index (κ2) is 6.38. The van der Waals surface area contributed by atoms with Crippen molar-refractivity contribution in [1.29, 1.82) is 0 Å². The molecule has 1 amide bonds. The van der Waals surface area contributed by atoms with Gasteiger partial charge in [0.2, 0.25) is 0 Å². The van der Waals surface area contributed by atoms with Gasteiger partial charge in [0.05, 0.1) is 6.20 Å². The summed E-state index contributed by atoms with van der Waals surface area (Å²) in [6.45, 7) is 5.70. The number of aromatic nitrogens is 2. The number of rotatable bonds is 3. The maximum atomic E-state index is 11.3. The number of alkyl carbamates (subject to hydrolysis) is 1. The van der Waals surface area contributed by atoms with Gasteiger partial charge in [0.25, 0.3) is 0 Å². The molecule has 0 radical (unpaired) electrons. The monoisotopic (exact) mass is 284 g/mol. The van der Waals surface area contributed by atoms with E-state index in [0.717, 1.165) is 0 Å². The van der Waals surface area contributed by atoms with Gasteiger partial charge in [-0.3, -0.25) is 0 Å². The molecule has 1 aromatic heterocycles. The molecular formula is C12H17ClN4O2. The highest BCUT2D eigenvalue weighted by Crippen LogP contribution is 2.11. The van der Waals surface area contributed by atoms with Gasteiger partial charge in [0, 0.05) is 6.54 Å². The maximum absolute atomic E-state index is 11.3. The van der Waals surface area contributed by atoms with Gasteiger partial charge in [-0.2, -0.15) is 0 Å². The van der Waals surface area contributed by atoms with E-state index >= 15 is 0 Å². The number of anilines is 1. The minimum Gasteiger partial charge on any atom is -0.444 e. The van der Waals surface area contributed by atoms with Gasteiger partial charge in [-0.05, 0) is 26.8 Å². The van der Waals surface area contributed by atoms with E-state index in [9.17, 15) is 4.79 Å². The van der Waals surface area contributed by atoms with Crippen LogP contribution in [0.2, 0.25) is 5.15 Å². The van der Waals surface area contributed by atoms with E-state index in [2.05, 4.69) is 15.3 Å². The van der Waals surface area contributed by atoms with E-state index in [1.54, 1.807) is 32.9 Å². The van der Waals surface area contributed by atoms with Crippen molar-refractivity contribution in [3.8, 4) is 0 Å². The summed E-state index contributed by atoms with van der Waals surface area (Å²) in [5.74, 6) is 0.237. The summed E-state index contributed by atoms with van der Waals surface area (Å²) in [5, 5.41) is 2.81. The van der Waals surface area contributed by atoms with Crippen LogP contribution in [0.4, 0.5) is 10.6 Å². The number of nitrogens with zero attached hydrogens (tertiary/aromatic N) is 2. The molecule has 1 aromatic rings. The predicted molar refractivity (Wildman–Crippen MR) is 74.7 cm³/mol. The Balaban J connectivity index is 2.44. The Kier molecular flexibility index (Phi) is 5.11. The predicted octanol–water partition coefficient (Wildman–Crippen LogP) is 2.25. The van der Waals surface area contributed by atoms with Crippen molar-refractivity contribution >= 4 is 29.6 Å². The highest BCUT2D eigenvalue weighted by atomic mass is 35.5. The molecule has 7 heteroatoms. The van der Waals surface area contributed by atoms with Crippen LogP contribution in [0, 0.1) is 0 Å². The maximum Gasteiger partial charge on any atom is 0.407 e. The van der Waals surface area contributed by atoms with Gasteiger partial charge >= 0.3 is 6.09 Å². The molecule has 0 atom stereocenters. The van der Waals surface area contributed by atoms with Crippen molar-refractivity contribution in [3.05, 3.63) is 23.1 Å². The van der Waals surface area contributed by atoms with Crippen LogP contribution in [-0.2, 0) is 4.74 Å². The van der Waals surface area contributed by atoms with E-state index in [1.807, 2.05) is 0 Å². The summed E-state index contributed by atoms with van der Waals surface area (Å²) in [6.07, 6.45) is 4.26. The first kappa shape index (κ1) is 15.2. The number of nitrogens with two attached hydrogens (primary N) is 1. The highest BCUT2D eigenvalue weighted by Gasteiger charge is 2.14. The number of amides is 1. The van der Waals surface area contributed by atoms with Crippen molar-refractivity contribution in [2.24, 2.45) is 0 Å². The van der Waals surface area contributed by atoms with E-state index < -0.39 is 11.7 Å². The number of carbonyl (C=O) groups is 1. The molecule has 0 fully saturated rings. The van der Waals surface area contributed by atoms with E-state index in [-0.39, 0.29) is 11.0 Å². The fourth-order valence-electron chi connectivity index (χ4n) is 1.15. The minimum atomic E-state index is -0.514. The Morgan fingerprint density at radius 3 is 2.84 bits per heavy atom. The van der Waals surface area contributed by atoms with Crippen LogP contribution in [0.25, 0.3) is 6.08 Å². The molecule has 19 heavy (non-hydrogen) atoms. The molecule has 0 unspecified atom stereocenters. The largest absolute Gasteiger partial charge is 0.444 e. The Bertz CT molecular complexity index is 483. The smallest absolute Gasteiger partial charge is 0.407 e. The molecular weight excluding hydrogens is 268 g/mol. The lowest BCUT2D eigenvalue weighted by Crippen LogP contribution is -2.32. The molecule has 0 bridgehead atoms. The van der Waals surface area contributed by atoms with Gasteiger partial charge < -0.3 is 15.8 Å². The van der Waals surface area contributed by atoms with Gasteiger partial charge in [-0.15, -0.1) is 0 Å². The fraction of sp³-hybridized carbons (Fsp3) is 0.417. The molecule has 3 N–H and O–H groups in total. The Morgan fingerprint density at radius 2 is 2.26 bits per heavy atom. The molecule has 104 valence electrons. The number of ether oxygens (including phenoxy) is 1. The number of nitrogen functional groups attached to an aromatic ring is 1. The standard InChI is InChI=1S/C12H17ClN4O2/c1-12(2,3)19-11(18)15-6-4-5-8-10(14)17-9(13)7-16-8/h4-5,7H,6H2,1-3H3,(H2,14,17)(H,15,18). The first-order valence-electron chi connectivity index (χ1n) is 5.69. The number of halogens is 1. The van der Waals surface area contributed by atoms with Gasteiger partial charge in [-0.25, -0.2) is 14.8 Å². The van der Waals surface area contributed by atoms with E-state index in [0.29, 0.717) is 12.2 Å². The van der Waals surface area contributed by atoms with E-state index in [1.165, 1.54) is 6.20 Å². The van der Waals surface area contributed by atoms with Crippen LogP contribution < -0.4 is 11.1 Å². The molecule has 0 aliphatic carbocycles. The number of nitrogens with one attached hydrogen (secondary N) is 1. The summed E-state index contributed by atoms with van der Waals surface area (Å²) >= 11 is 5.63. The fourth-order valence-corrected chi connectivity index (χ4v) is 1.29. The summed E-state index contributed by atoms with van der Waals surface area (Å²) in [6, 6.07) is 0. The lowest BCUT2D eigenvalue weighted by Gasteiger charge is -2.19. The Labute approximate surface area is 117 Å². The third-order valence-corrected chi connectivity index (χ3v) is 2.02. The first-order chi connectivity index (χ1) is 8.78. The topological polar surface area (TPSA) is 90.1 Å². The van der Waals surface area contributed by atoms with Crippen molar-refractivity contribution < 1.29 is 9.53 Å². The van der Waals surface area contributed by atoms with Crippen LogP contribution in [0.5, 0.6) is 0 Å². The number of carbonyl (C=O) groups excluding carboxylic acids is 1. The zero-order valence-corrected chi connectivity index (χ0v) is 11.9. The normalized spacial score (nSPS) is 11.6. The van der Waals surface area contributed by atoms with Crippen molar-refractivity contribution in [2.45, 2.75) is 26.4 Å². The molecule has 0 aliphatic rings. The molecule has 0 saturated carbocycles. The molecule has 1 rings (SSSR count). The van der Waals surface area contributed by atoms with Crippen LogP contribution in [0.1, 0.15) is 26.5 Å². The third kappa shape index (κ3) is 6.05. The first-order valence-corrected chi connectivity index (χ1v) is 6.07. The highest BCUT2D eigenvalue weighted by molar-refractivity contribution is 6.29. The SMILES string of the molecule is CC(C)(C)OC(=O)NCC=Cc1ncc(Cl)nc1N. The van der Waals surface area contributed by atoms with Gasteiger partial charge in [0.1, 0.15) is 16.4 Å². The van der Waals surface area contributed by atoms with Crippen molar-refractivity contribution in [1.82, 2.24) is 15.3 Å². The van der Waals surface area contributed by atoms with Crippen molar-refractivity contribution in [3.63, 3.8) is 0 Å². The lowest BCUT2D eigenvalue weighted by atomic mass is 10.2. The average molecular weight is 285 g/mol. The number of hydrogen-bond donors (Lipinski definition) is 2. The molecule has 1 heterocycles. The zero-order valence-electron chi connectivity index (χ0n) is 11.1. The summed E-state index contributed by atoms with van der Waals surface area (Å²) in [7, 11) is 0. The number of hydrogen-bond acceptors (Lipinski definition) is 5. The quantitative estimate of drug-likeness (QED) is 0.888. The summed E-state index contributed by atoms with van der Waals surface area (Å²) in [4.78, 5) is 19.2. The molecule has 0 aromatic carbocycles. The van der Waals surface area contributed by atoms with Crippen LogP contribution in [0.15, 0.2) is 12.3 Å². The zero-order chi connectivity index (χ0) is 14.5. The lowest BCUT2D eigenvalue weighted by molar-refractivity contribution is 0.0534. The third-order valence-electron chi connectivity index (χ3n) is 1.84. The molecule has 0 aliphatic heterocycles. The van der Waals surface area contributed by atoms with Crippen LogP contribution in [-0.4, -0.2) is 28.2 Å². The Morgan fingerprint density at radius 1 is 1.58 bits per heavy atom. The summed E-state index contributed by atoms with van der Waals surface area (Å²) in [5.41, 5.74) is 5.61. The second-order valence-corrected chi connectivity index (χ2v) is 5.14. The molecule has 0 saturated heterocycles. The van der Waals surface area contributed by atoms with Crippen molar-refractivity contribution in [2.75, 3.05) is 12.3 Å². The summed E-state index contributed by atoms with van der Waals surface area (Å²) < 4.78 is 5.08. The average Bonchev–Trinajstić information content (AvgIpc) is 2.24. The molecule has 6 nitrogen and oxygen atoms in total. The minimum absolute atomic E-state index is 0.237. The van der Waals surface area contributed by atoms with Crippen LogP contribution >= 0.6 is 11.6 Å². The molecule has 0 spiro atoms. The van der Waals surface area contributed by atoms with Gasteiger partial charge in [-0.1, -0.05) is 17.7 Å². The van der Waals surface area contributed by atoms with E-state index in [4.69, 9.17) is 22.1 Å². The Hall–Kier alpha value is -1.82.